The summed E-state index contributed by atoms with van der Waals surface area (Å²) in [6.07, 6.45) is 1.72. The zero-order valence-corrected chi connectivity index (χ0v) is 10.6. The molecule has 6 heteroatoms. The first-order valence-electron chi connectivity index (χ1n) is 5.89. The quantitative estimate of drug-likeness (QED) is 0.606. The van der Waals surface area contributed by atoms with Crippen LogP contribution in [0.25, 0.3) is 0 Å². The fourth-order valence-corrected chi connectivity index (χ4v) is 1.32. The van der Waals surface area contributed by atoms with Crippen LogP contribution in [0.2, 0.25) is 0 Å². The molecule has 6 nitrogen and oxygen atoms in total. The molecule has 1 heterocycles. The van der Waals surface area contributed by atoms with E-state index in [1.807, 2.05) is 0 Å². The molecule has 0 spiro atoms. The van der Waals surface area contributed by atoms with Gasteiger partial charge in [0.05, 0.1) is 6.61 Å². The van der Waals surface area contributed by atoms with Crippen LogP contribution in [0.15, 0.2) is 4.52 Å². The van der Waals surface area contributed by atoms with Gasteiger partial charge in [0.1, 0.15) is 0 Å². The number of aryl methyl sites for hydroxylation is 1. The summed E-state index contributed by atoms with van der Waals surface area (Å²) in [6.45, 7) is 5.68. The number of nitrogens with one attached hydrogen (secondary N) is 1. The van der Waals surface area contributed by atoms with Crippen LogP contribution in [0.4, 0.5) is 0 Å². The van der Waals surface area contributed by atoms with Gasteiger partial charge in [-0.15, -0.1) is 0 Å². The van der Waals surface area contributed by atoms with Crippen molar-refractivity contribution in [3.05, 3.63) is 11.7 Å². The molecule has 0 saturated carbocycles. The third kappa shape index (κ3) is 7.04. The van der Waals surface area contributed by atoms with Crippen molar-refractivity contribution >= 4 is 0 Å². The lowest BCUT2D eigenvalue weighted by Gasteiger charge is -2.04. The maximum Gasteiger partial charge on any atom is 0.223 e. The summed E-state index contributed by atoms with van der Waals surface area (Å²) >= 11 is 0. The number of rotatable bonds is 10. The fraction of sp³-hybridized carbons (Fsp3) is 0.818. The molecule has 0 bridgehead atoms. The van der Waals surface area contributed by atoms with Crippen LogP contribution in [0.3, 0.4) is 0 Å². The summed E-state index contributed by atoms with van der Waals surface area (Å²) in [7, 11) is 1.70. The van der Waals surface area contributed by atoms with E-state index in [-0.39, 0.29) is 0 Å². The molecule has 0 unspecified atom stereocenters. The highest BCUT2D eigenvalue weighted by Crippen LogP contribution is 1.94. The smallest absolute Gasteiger partial charge is 0.223 e. The molecular weight excluding hydrogens is 222 g/mol. The Labute approximate surface area is 102 Å². The fourth-order valence-electron chi connectivity index (χ4n) is 1.32. The zero-order valence-electron chi connectivity index (χ0n) is 10.6. The van der Waals surface area contributed by atoms with E-state index in [1.54, 1.807) is 14.0 Å². The third-order valence-electron chi connectivity index (χ3n) is 2.16. The molecular formula is C11H21N3O3. The van der Waals surface area contributed by atoms with E-state index in [2.05, 4.69) is 15.5 Å². The second-order valence-electron chi connectivity index (χ2n) is 3.69. The van der Waals surface area contributed by atoms with Gasteiger partial charge >= 0.3 is 0 Å². The van der Waals surface area contributed by atoms with Crippen LogP contribution in [0.1, 0.15) is 18.1 Å². The predicted molar refractivity (Wildman–Crippen MR) is 62.9 cm³/mol. The van der Waals surface area contributed by atoms with Crippen LogP contribution >= 0.6 is 0 Å². The number of hydrogen-bond donors (Lipinski definition) is 1. The van der Waals surface area contributed by atoms with Gasteiger partial charge < -0.3 is 19.3 Å². The van der Waals surface area contributed by atoms with Gasteiger partial charge in [0, 0.05) is 46.8 Å². The van der Waals surface area contributed by atoms with Gasteiger partial charge in [-0.2, -0.15) is 4.98 Å². The van der Waals surface area contributed by atoms with E-state index >= 15 is 0 Å². The average molecular weight is 243 g/mol. The average Bonchev–Trinajstić information content (AvgIpc) is 2.73. The van der Waals surface area contributed by atoms with Crippen LogP contribution < -0.4 is 5.32 Å². The van der Waals surface area contributed by atoms with Gasteiger partial charge in [-0.1, -0.05) is 5.16 Å². The van der Waals surface area contributed by atoms with Gasteiger partial charge in [-0.05, 0) is 6.42 Å². The summed E-state index contributed by atoms with van der Waals surface area (Å²) in [5, 5.41) is 7.07. The Kier molecular flexibility index (Phi) is 7.53. The van der Waals surface area contributed by atoms with E-state index < -0.39 is 0 Å². The first-order chi connectivity index (χ1) is 8.33. The zero-order chi connectivity index (χ0) is 12.3. The molecule has 1 N–H and O–H groups in total. The molecule has 98 valence electrons. The van der Waals surface area contributed by atoms with Crippen molar-refractivity contribution in [2.24, 2.45) is 0 Å². The number of nitrogens with zero attached hydrogens (tertiary/aromatic N) is 2. The highest BCUT2D eigenvalue weighted by molar-refractivity contribution is 4.84. The normalized spacial score (nSPS) is 10.9. The minimum atomic E-state index is 0.612. The Morgan fingerprint density at radius 1 is 1.24 bits per heavy atom. The van der Waals surface area contributed by atoms with Gasteiger partial charge in [0.2, 0.25) is 5.89 Å². The van der Waals surface area contributed by atoms with Crippen molar-refractivity contribution in [2.45, 2.75) is 19.8 Å². The van der Waals surface area contributed by atoms with Gasteiger partial charge in [0.15, 0.2) is 5.82 Å². The number of methoxy groups -OCH3 is 1. The first kappa shape index (κ1) is 14.1. The molecule has 1 aromatic rings. The molecule has 0 amide bonds. The van der Waals surface area contributed by atoms with Crippen LogP contribution in [0.5, 0.6) is 0 Å². The summed E-state index contributed by atoms with van der Waals surface area (Å²) in [5.74, 6) is 1.36. The number of hydrogen-bond acceptors (Lipinski definition) is 6. The van der Waals surface area contributed by atoms with Crippen LogP contribution in [-0.2, 0) is 15.9 Å². The number of aromatic nitrogens is 2. The van der Waals surface area contributed by atoms with Crippen molar-refractivity contribution in [3.8, 4) is 0 Å². The predicted octanol–water partition coefficient (Wildman–Crippen LogP) is 0.563. The molecule has 0 radical (unpaired) electrons. The lowest BCUT2D eigenvalue weighted by Crippen LogP contribution is -2.22. The molecule has 0 aliphatic rings. The van der Waals surface area contributed by atoms with Gasteiger partial charge in [-0.25, -0.2) is 0 Å². The second-order valence-corrected chi connectivity index (χ2v) is 3.69. The van der Waals surface area contributed by atoms with Gasteiger partial charge in [-0.3, -0.25) is 0 Å². The maximum absolute atomic E-state index is 5.40. The molecule has 17 heavy (non-hydrogen) atoms. The molecule has 0 atom stereocenters. The summed E-state index contributed by atoms with van der Waals surface area (Å²) < 4.78 is 15.2. The third-order valence-corrected chi connectivity index (χ3v) is 2.16. The van der Waals surface area contributed by atoms with E-state index in [9.17, 15) is 0 Å². The highest BCUT2D eigenvalue weighted by Gasteiger charge is 2.00. The Hall–Kier alpha value is -0.980. The minimum absolute atomic E-state index is 0.612. The molecule has 0 saturated heterocycles. The first-order valence-corrected chi connectivity index (χ1v) is 5.89. The lowest BCUT2D eigenvalue weighted by molar-refractivity contribution is 0.104. The van der Waals surface area contributed by atoms with Gasteiger partial charge in [0.25, 0.3) is 0 Å². The van der Waals surface area contributed by atoms with Crippen molar-refractivity contribution < 1.29 is 14.0 Å². The van der Waals surface area contributed by atoms with E-state index in [4.69, 9.17) is 14.0 Å². The van der Waals surface area contributed by atoms with Crippen molar-refractivity contribution in [1.29, 1.82) is 0 Å². The largest absolute Gasteiger partial charge is 0.385 e. The van der Waals surface area contributed by atoms with Crippen molar-refractivity contribution in [3.63, 3.8) is 0 Å². The van der Waals surface area contributed by atoms with E-state index in [0.29, 0.717) is 5.89 Å². The van der Waals surface area contributed by atoms with E-state index in [0.717, 1.165) is 51.6 Å². The monoisotopic (exact) mass is 243 g/mol. The van der Waals surface area contributed by atoms with Crippen molar-refractivity contribution in [1.82, 2.24) is 15.5 Å². The van der Waals surface area contributed by atoms with Crippen LogP contribution in [0, 0.1) is 6.92 Å². The molecule has 0 aromatic carbocycles. The maximum atomic E-state index is 5.40. The Morgan fingerprint density at radius 3 is 2.82 bits per heavy atom. The highest BCUT2D eigenvalue weighted by atomic mass is 16.5. The second kappa shape index (κ2) is 9.09. The summed E-state index contributed by atoms with van der Waals surface area (Å²) in [5.41, 5.74) is 0. The molecule has 1 aromatic heterocycles. The molecule has 1 rings (SSSR count). The standard InChI is InChI=1S/C11H21N3O3/c1-10-13-11(14-17-10)4-5-12-6-9-16-8-3-7-15-2/h12H,3-9H2,1-2H3. The van der Waals surface area contributed by atoms with E-state index in [1.165, 1.54) is 0 Å². The summed E-state index contributed by atoms with van der Waals surface area (Å²) in [6, 6.07) is 0. The summed E-state index contributed by atoms with van der Waals surface area (Å²) in [4.78, 5) is 4.12. The topological polar surface area (TPSA) is 69.4 Å². The van der Waals surface area contributed by atoms with Crippen LogP contribution in [-0.4, -0.2) is 50.2 Å². The lowest BCUT2D eigenvalue weighted by atomic mass is 10.4. The Morgan fingerprint density at radius 2 is 2.12 bits per heavy atom. The van der Waals surface area contributed by atoms with Crippen molar-refractivity contribution in [2.75, 3.05) is 40.0 Å². The molecule has 0 aliphatic heterocycles. The molecule has 0 fully saturated rings. The molecule has 0 aliphatic carbocycles. The SMILES string of the molecule is COCCCOCCNCCc1noc(C)n1. The number of ether oxygens (including phenoxy) is 2. The Bertz CT molecular complexity index is 291. The minimum Gasteiger partial charge on any atom is -0.385 e. The Balaban J connectivity index is 1.84.